The maximum atomic E-state index is 12.5. The third-order valence-electron chi connectivity index (χ3n) is 4.76. The van der Waals surface area contributed by atoms with Crippen LogP contribution >= 0.6 is 0 Å². The molecule has 20 heavy (non-hydrogen) atoms. The fourth-order valence-electron chi connectivity index (χ4n) is 3.37. The standard InChI is InChI=1S/C15H27N3O2/c1-15(2,7-8-16)6-5-13(19)18-9-3-4-11-12(18)10-17-14(11)20/h11-12H,3-10,16H2,1-2H3,(H,17,20). The SMILES string of the molecule is CC(C)(CCN)CCC(=O)N1CCCC2C(=O)NCC21. The van der Waals surface area contributed by atoms with Gasteiger partial charge < -0.3 is 16.0 Å². The van der Waals surface area contributed by atoms with Crippen molar-refractivity contribution in [1.82, 2.24) is 10.2 Å². The van der Waals surface area contributed by atoms with Crippen molar-refractivity contribution in [3.8, 4) is 0 Å². The predicted octanol–water partition coefficient (Wildman–Crippen LogP) is 0.879. The third-order valence-corrected chi connectivity index (χ3v) is 4.76. The smallest absolute Gasteiger partial charge is 0.225 e. The van der Waals surface area contributed by atoms with Crippen LogP contribution in [0.1, 0.15) is 46.0 Å². The number of carbonyl (C=O) groups is 2. The Hall–Kier alpha value is -1.10. The zero-order chi connectivity index (χ0) is 14.8. The van der Waals surface area contributed by atoms with Crippen molar-refractivity contribution in [1.29, 1.82) is 0 Å². The highest BCUT2D eigenvalue weighted by atomic mass is 16.2. The maximum Gasteiger partial charge on any atom is 0.225 e. The lowest BCUT2D eigenvalue weighted by Crippen LogP contribution is -2.48. The number of nitrogens with two attached hydrogens (primary N) is 1. The van der Waals surface area contributed by atoms with E-state index in [1.807, 2.05) is 4.90 Å². The van der Waals surface area contributed by atoms with E-state index in [2.05, 4.69) is 19.2 Å². The zero-order valence-corrected chi connectivity index (χ0v) is 12.7. The van der Waals surface area contributed by atoms with Gasteiger partial charge in [0.15, 0.2) is 0 Å². The molecule has 0 radical (unpaired) electrons. The molecule has 2 unspecified atom stereocenters. The van der Waals surface area contributed by atoms with Crippen molar-refractivity contribution in [3.63, 3.8) is 0 Å². The van der Waals surface area contributed by atoms with Gasteiger partial charge in [0.25, 0.3) is 0 Å². The average molecular weight is 281 g/mol. The molecular formula is C15H27N3O2. The van der Waals surface area contributed by atoms with Gasteiger partial charge >= 0.3 is 0 Å². The molecule has 5 heteroatoms. The van der Waals surface area contributed by atoms with Crippen LogP contribution in [-0.4, -0.2) is 42.4 Å². The Bertz CT molecular complexity index is 381. The zero-order valence-electron chi connectivity index (χ0n) is 12.7. The largest absolute Gasteiger partial charge is 0.354 e. The summed E-state index contributed by atoms with van der Waals surface area (Å²) in [4.78, 5) is 26.1. The van der Waals surface area contributed by atoms with Crippen LogP contribution in [0.3, 0.4) is 0 Å². The van der Waals surface area contributed by atoms with Crippen LogP contribution in [0.5, 0.6) is 0 Å². The van der Waals surface area contributed by atoms with E-state index >= 15 is 0 Å². The van der Waals surface area contributed by atoms with Crippen molar-refractivity contribution >= 4 is 11.8 Å². The van der Waals surface area contributed by atoms with Crippen LogP contribution in [0.25, 0.3) is 0 Å². The highest BCUT2D eigenvalue weighted by molar-refractivity contribution is 5.84. The van der Waals surface area contributed by atoms with Gasteiger partial charge in [0.1, 0.15) is 0 Å². The van der Waals surface area contributed by atoms with Gasteiger partial charge in [0.2, 0.25) is 11.8 Å². The second-order valence-electron chi connectivity index (χ2n) is 6.85. The van der Waals surface area contributed by atoms with Crippen molar-refractivity contribution in [2.45, 2.75) is 52.0 Å². The van der Waals surface area contributed by atoms with Gasteiger partial charge in [-0.1, -0.05) is 13.8 Å². The molecule has 0 saturated carbocycles. The molecule has 5 nitrogen and oxygen atoms in total. The van der Waals surface area contributed by atoms with E-state index in [-0.39, 0.29) is 29.2 Å². The highest BCUT2D eigenvalue weighted by Gasteiger charge is 2.42. The van der Waals surface area contributed by atoms with Crippen molar-refractivity contribution < 1.29 is 9.59 Å². The third kappa shape index (κ3) is 3.32. The molecule has 2 heterocycles. The van der Waals surface area contributed by atoms with E-state index in [9.17, 15) is 9.59 Å². The van der Waals surface area contributed by atoms with Gasteiger partial charge in [-0.2, -0.15) is 0 Å². The first kappa shape index (κ1) is 15.3. The van der Waals surface area contributed by atoms with E-state index in [4.69, 9.17) is 5.73 Å². The lowest BCUT2D eigenvalue weighted by Gasteiger charge is -2.36. The van der Waals surface area contributed by atoms with Gasteiger partial charge in [0, 0.05) is 19.5 Å². The normalized spacial score (nSPS) is 26.4. The first-order valence-electron chi connectivity index (χ1n) is 7.72. The van der Waals surface area contributed by atoms with E-state index in [0.717, 1.165) is 32.2 Å². The molecule has 2 aliphatic heterocycles. The number of likely N-dealkylation sites (tertiary alicyclic amines) is 1. The molecule has 0 aromatic heterocycles. The van der Waals surface area contributed by atoms with Crippen LogP contribution in [-0.2, 0) is 9.59 Å². The minimum absolute atomic E-state index is 0.0183. The van der Waals surface area contributed by atoms with Crippen LogP contribution < -0.4 is 11.1 Å². The van der Waals surface area contributed by atoms with E-state index in [1.54, 1.807) is 0 Å². The molecule has 2 saturated heterocycles. The predicted molar refractivity (Wildman–Crippen MR) is 77.9 cm³/mol. The average Bonchev–Trinajstić information content (AvgIpc) is 2.78. The van der Waals surface area contributed by atoms with Crippen molar-refractivity contribution in [3.05, 3.63) is 0 Å². The summed E-state index contributed by atoms with van der Waals surface area (Å²) in [6, 6.07) is 0.0846. The minimum Gasteiger partial charge on any atom is -0.354 e. The van der Waals surface area contributed by atoms with Gasteiger partial charge in [-0.15, -0.1) is 0 Å². The Morgan fingerprint density at radius 1 is 1.45 bits per heavy atom. The maximum absolute atomic E-state index is 12.5. The molecule has 0 aromatic carbocycles. The Morgan fingerprint density at radius 3 is 2.90 bits per heavy atom. The molecule has 0 aromatic rings. The molecule has 2 fully saturated rings. The molecular weight excluding hydrogens is 254 g/mol. The molecule has 0 spiro atoms. The summed E-state index contributed by atoms with van der Waals surface area (Å²) in [5.74, 6) is 0.335. The Morgan fingerprint density at radius 2 is 2.20 bits per heavy atom. The Balaban J connectivity index is 1.90. The molecule has 2 amide bonds. The fourth-order valence-corrected chi connectivity index (χ4v) is 3.37. The monoisotopic (exact) mass is 281 g/mol. The van der Waals surface area contributed by atoms with E-state index < -0.39 is 0 Å². The number of amides is 2. The second-order valence-corrected chi connectivity index (χ2v) is 6.85. The first-order chi connectivity index (χ1) is 9.44. The molecule has 2 atom stereocenters. The van der Waals surface area contributed by atoms with Gasteiger partial charge in [0.05, 0.1) is 12.0 Å². The van der Waals surface area contributed by atoms with Crippen LogP contribution in [0, 0.1) is 11.3 Å². The number of fused-ring (bicyclic) bond motifs is 1. The minimum atomic E-state index is 0.0183. The molecule has 3 N–H and O–H groups in total. The van der Waals surface area contributed by atoms with Crippen LogP contribution in [0.4, 0.5) is 0 Å². The number of nitrogens with one attached hydrogen (secondary N) is 1. The number of nitrogens with zero attached hydrogens (tertiary/aromatic N) is 1. The van der Waals surface area contributed by atoms with Crippen LogP contribution in [0.2, 0.25) is 0 Å². The number of hydrogen-bond donors (Lipinski definition) is 2. The van der Waals surface area contributed by atoms with E-state index in [1.165, 1.54) is 0 Å². The molecule has 2 aliphatic rings. The van der Waals surface area contributed by atoms with Crippen molar-refractivity contribution in [2.24, 2.45) is 17.1 Å². The first-order valence-corrected chi connectivity index (χ1v) is 7.72. The molecule has 2 rings (SSSR count). The Kier molecular flexibility index (Phi) is 4.68. The van der Waals surface area contributed by atoms with Crippen LogP contribution in [0.15, 0.2) is 0 Å². The molecule has 0 bridgehead atoms. The summed E-state index contributed by atoms with van der Waals surface area (Å²) < 4.78 is 0. The molecule has 114 valence electrons. The summed E-state index contributed by atoms with van der Waals surface area (Å²) in [5, 5.41) is 2.89. The van der Waals surface area contributed by atoms with Crippen molar-refractivity contribution in [2.75, 3.05) is 19.6 Å². The number of piperidine rings is 1. The summed E-state index contributed by atoms with van der Waals surface area (Å²) in [6.07, 6.45) is 4.21. The summed E-state index contributed by atoms with van der Waals surface area (Å²) >= 11 is 0. The number of carbonyl (C=O) groups excluding carboxylic acids is 2. The van der Waals surface area contributed by atoms with Gasteiger partial charge in [-0.25, -0.2) is 0 Å². The lowest BCUT2D eigenvalue weighted by molar-refractivity contribution is -0.137. The van der Waals surface area contributed by atoms with Gasteiger partial charge in [-0.3, -0.25) is 9.59 Å². The fraction of sp³-hybridized carbons (Fsp3) is 0.867. The summed E-state index contributed by atoms with van der Waals surface area (Å²) in [7, 11) is 0. The lowest BCUT2D eigenvalue weighted by atomic mass is 9.84. The number of hydrogen-bond acceptors (Lipinski definition) is 3. The summed E-state index contributed by atoms with van der Waals surface area (Å²) in [6.45, 7) is 6.40. The topological polar surface area (TPSA) is 75.4 Å². The molecule has 0 aliphatic carbocycles. The highest BCUT2D eigenvalue weighted by Crippen LogP contribution is 2.30. The Labute approximate surface area is 121 Å². The van der Waals surface area contributed by atoms with E-state index in [0.29, 0.717) is 19.5 Å². The summed E-state index contributed by atoms with van der Waals surface area (Å²) in [5.41, 5.74) is 5.72. The van der Waals surface area contributed by atoms with Gasteiger partial charge in [-0.05, 0) is 37.6 Å². The quantitative estimate of drug-likeness (QED) is 0.785. The second kappa shape index (κ2) is 6.12. The number of rotatable bonds is 5.